The summed E-state index contributed by atoms with van der Waals surface area (Å²) in [6.45, 7) is 13.8. The summed E-state index contributed by atoms with van der Waals surface area (Å²) in [5, 5.41) is 0.127. The fourth-order valence-corrected chi connectivity index (χ4v) is 4.96. The monoisotopic (exact) mass is 494 g/mol. The minimum atomic E-state index is -2.00. The van der Waals surface area contributed by atoms with Crippen LogP contribution in [0.1, 0.15) is 94.6 Å². The quantitative estimate of drug-likeness (QED) is 0.158. The van der Waals surface area contributed by atoms with Crippen LogP contribution in [0.3, 0.4) is 0 Å². The topological polar surface area (TPSA) is 35.5 Å². The number of carbonyl (C=O) groups excluding carboxylic acids is 1. The molecule has 0 aliphatic carbocycles. The Hall–Kier alpha value is -2.17. The van der Waals surface area contributed by atoms with Gasteiger partial charge in [-0.05, 0) is 72.1 Å². The fourth-order valence-electron chi connectivity index (χ4n) is 3.75. The summed E-state index contributed by atoms with van der Waals surface area (Å²) >= 11 is 0. The molecule has 1 unspecified atom stereocenters. The molecule has 3 nitrogen and oxygen atoms in total. The SMILES string of the molecule is CCCCCc1ccc(C(O[Si](C)(C)C(C)(C)C)c2cccc(/C=C/CCCC(=O)OC)c2)cc1. The smallest absolute Gasteiger partial charge is 0.305 e. The van der Waals surface area contributed by atoms with E-state index in [1.165, 1.54) is 43.1 Å². The Balaban J connectivity index is 2.26. The minimum Gasteiger partial charge on any atom is -0.469 e. The number of hydrogen-bond donors (Lipinski definition) is 0. The summed E-state index contributed by atoms with van der Waals surface area (Å²) in [7, 11) is -0.566. The van der Waals surface area contributed by atoms with E-state index >= 15 is 0 Å². The van der Waals surface area contributed by atoms with Gasteiger partial charge in [-0.15, -0.1) is 0 Å². The van der Waals surface area contributed by atoms with Crippen LogP contribution in [0, 0.1) is 0 Å². The van der Waals surface area contributed by atoms with E-state index in [1.807, 2.05) is 0 Å². The van der Waals surface area contributed by atoms with Crippen LogP contribution in [-0.4, -0.2) is 21.4 Å². The number of methoxy groups -OCH3 is 1. The Morgan fingerprint density at radius 2 is 1.71 bits per heavy atom. The molecular weight excluding hydrogens is 448 g/mol. The van der Waals surface area contributed by atoms with Crippen molar-refractivity contribution in [1.29, 1.82) is 0 Å². The summed E-state index contributed by atoms with van der Waals surface area (Å²) in [5.41, 5.74) is 4.95. The Bertz CT molecular complexity index is 938. The molecule has 0 heterocycles. The number of hydrogen-bond acceptors (Lipinski definition) is 3. The summed E-state index contributed by atoms with van der Waals surface area (Å²) in [5.74, 6) is -0.151. The van der Waals surface area contributed by atoms with E-state index in [0.29, 0.717) is 6.42 Å². The molecule has 0 aliphatic rings. The lowest BCUT2D eigenvalue weighted by molar-refractivity contribution is -0.140. The maximum atomic E-state index is 11.3. The van der Waals surface area contributed by atoms with Crippen molar-refractivity contribution in [1.82, 2.24) is 0 Å². The zero-order valence-corrected chi connectivity index (χ0v) is 24.0. The van der Waals surface area contributed by atoms with Gasteiger partial charge in [-0.1, -0.05) is 95.2 Å². The van der Waals surface area contributed by atoms with Gasteiger partial charge in [-0.3, -0.25) is 4.79 Å². The molecule has 4 heteroatoms. The molecule has 0 N–H and O–H groups in total. The van der Waals surface area contributed by atoms with Crippen LogP contribution in [0.25, 0.3) is 6.08 Å². The molecule has 0 saturated carbocycles. The standard InChI is InChI=1S/C31H46O3Si/c1-8-9-11-15-25-20-22-27(23-21-25)30(34-35(6,7)31(2,3)4)28-18-14-17-26(24-28)16-12-10-13-19-29(32)33-5/h12,14,16-18,20-24,30H,8-11,13,15,19H2,1-7H3/b16-12+. The highest BCUT2D eigenvalue weighted by Crippen LogP contribution is 2.41. The van der Waals surface area contributed by atoms with Crippen LogP contribution in [0.15, 0.2) is 54.6 Å². The molecule has 0 fully saturated rings. The van der Waals surface area contributed by atoms with Crippen molar-refractivity contribution in [2.75, 3.05) is 7.11 Å². The summed E-state index contributed by atoms with van der Waals surface area (Å²) in [4.78, 5) is 11.3. The molecule has 2 aromatic carbocycles. The van der Waals surface area contributed by atoms with Gasteiger partial charge in [0.05, 0.1) is 13.2 Å². The maximum absolute atomic E-state index is 11.3. The predicted molar refractivity (Wildman–Crippen MR) is 151 cm³/mol. The number of benzene rings is 2. The number of rotatable bonds is 13. The van der Waals surface area contributed by atoms with Crippen molar-refractivity contribution in [2.45, 2.75) is 96.9 Å². The molecule has 0 saturated heterocycles. The Morgan fingerprint density at radius 3 is 2.34 bits per heavy atom. The van der Waals surface area contributed by atoms with Gasteiger partial charge >= 0.3 is 5.97 Å². The molecule has 0 aliphatic heterocycles. The Labute approximate surface area is 215 Å². The summed E-state index contributed by atoms with van der Waals surface area (Å²) in [6, 6.07) is 17.7. The molecule has 0 spiro atoms. The van der Waals surface area contributed by atoms with Crippen molar-refractivity contribution in [3.05, 3.63) is 76.9 Å². The average Bonchev–Trinajstić information content (AvgIpc) is 2.82. The van der Waals surface area contributed by atoms with Crippen molar-refractivity contribution in [3.63, 3.8) is 0 Å². The highest BCUT2D eigenvalue weighted by atomic mass is 28.4. The van der Waals surface area contributed by atoms with Crippen molar-refractivity contribution < 1.29 is 14.0 Å². The third-order valence-electron chi connectivity index (χ3n) is 7.07. The largest absolute Gasteiger partial charge is 0.469 e. The number of unbranched alkanes of at least 4 members (excludes halogenated alkanes) is 3. The second-order valence-corrected chi connectivity index (χ2v) is 15.8. The first-order valence-corrected chi connectivity index (χ1v) is 16.1. The van der Waals surface area contributed by atoms with E-state index < -0.39 is 8.32 Å². The molecule has 35 heavy (non-hydrogen) atoms. The Kier molecular flexibility index (Phi) is 11.5. The van der Waals surface area contributed by atoms with Crippen molar-refractivity contribution in [2.24, 2.45) is 0 Å². The predicted octanol–water partition coefficient (Wildman–Crippen LogP) is 8.89. The first-order valence-electron chi connectivity index (χ1n) is 13.2. The lowest BCUT2D eigenvalue weighted by Gasteiger charge is -2.39. The van der Waals surface area contributed by atoms with E-state index in [-0.39, 0.29) is 17.1 Å². The first-order chi connectivity index (χ1) is 16.6. The number of carbonyl (C=O) groups is 1. The number of ether oxygens (including phenoxy) is 1. The number of esters is 1. The fraction of sp³-hybridized carbons (Fsp3) is 0.516. The van der Waals surface area contributed by atoms with Gasteiger partial charge in [0.15, 0.2) is 8.32 Å². The molecule has 0 amide bonds. The van der Waals surface area contributed by atoms with Gasteiger partial charge in [0.1, 0.15) is 0 Å². The van der Waals surface area contributed by atoms with Gasteiger partial charge in [-0.2, -0.15) is 0 Å². The summed E-state index contributed by atoms with van der Waals surface area (Å²) < 4.78 is 11.7. The van der Waals surface area contributed by atoms with Crippen LogP contribution in [0.2, 0.25) is 18.1 Å². The summed E-state index contributed by atoms with van der Waals surface area (Å²) in [6.07, 6.45) is 11.2. The van der Waals surface area contributed by atoms with E-state index in [9.17, 15) is 4.79 Å². The normalized spacial score (nSPS) is 13.2. The lowest BCUT2D eigenvalue weighted by Crippen LogP contribution is -2.42. The molecular formula is C31H46O3Si. The molecule has 0 aromatic heterocycles. The van der Waals surface area contributed by atoms with Gasteiger partial charge in [0, 0.05) is 6.42 Å². The first kappa shape index (κ1) is 29.1. The van der Waals surface area contributed by atoms with Crippen molar-refractivity contribution in [3.8, 4) is 0 Å². The van der Waals surface area contributed by atoms with Gasteiger partial charge in [0.25, 0.3) is 0 Å². The number of aryl methyl sites for hydroxylation is 1. The van der Waals surface area contributed by atoms with E-state index in [0.717, 1.165) is 24.8 Å². The average molecular weight is 495 g/mol. The zero-order valence-electron chi connectivity index (χ0n) is 23.0. The zero-order chi connectivity index (χ0) is 25.9. The van der Waals surface area contributed by atoms with E-state index in [2.05, 4.69) is 101 Å². The number of allylic oxidation sites excluding steroid dienone is 1. The van der Waals surface area contributed by atoms with Crippen LogP contribution in [0.4, 0.5) is 0 Å². The van der Waals surface area contributed by atoms with Crippen LogP contribution in [0.5, 0.6) is 0 Å². The van der Waals surface area contributed by atoms with Gasteiger partial charge < -0.3 is 9.16 Å². The highest BCUT2D eigenvalue weighted by molar-refractivity contribution is 6.74. The molecule has 0 radical (unpaired) electrons. The Morgan fingerprint density at radius 1 is 1.00 bits per heavy atom. The van der Waals surface area contributed by atoms with Crippen LogP contribution in [-0.2, 0) is 20.4 Å². The highest BCUT2D eigenvalue weighted by Gasteiger charge is 2.39. The maximum Gasteiger partial charge on any atom is 0.305 e. The second-order valence-electron chi connectivity index (χ2n) is 11.0. The van der Waals surface area contributed by atoms with E-state index in [1.54, 1.807) is 0 Å². The molecule has 192 valence electrons. The lowest BCUT2D eigenvalue weighted by atomic mass is 9.97. The van der Waals surface area contributed by atoms with Crippen LogP contribution < -0.4 is 0 Å². The third-order valence-corrected chi connectivity index (χ3v) is 11.5. The molecule has 1 atom stereocenters. The van der Waals surface area contributed by atoms with E-state index in [4.69, 9.17) is 9.16 Å². The van der Waals surface area contributed by atoms with Gasteiger partial charge in [-0.25, -0.2) is 0 Å². The molecule has 2 aromatic rings. The van der Waals surface area contributed by atoms with Crippen molar-refractivity contribution >= 4 is 20.4 Å². The van der Waals surface area contributed by atoms with Gasteiger partial charge in [0.2, 0.25) is 0 Å². The third kappa shape index (κ3) is 9.42. The second kappa shape index (κ2) is 13.8. The molecule has 2 rings (SSSR count). The minimum absolute atomic E-state index is 0.0896. The molecule has 0 bridgehead atoms. The van der Waals surface area contributed by atoms with Crippen LogP contribution >= 0.6 is 0 Å².